The van der Waals surface area contributed by atoms with E-state index in [1.165, 1.54) is 22.9 Å². The fourth-order valence-corrected chi connectivity index (χ4v) is 4.24. The molecule has 158 valence electrons. The topological polar surface area (TPSA) is 50.1 Å². The summed E-state index contributed by atoms with van der Waals surface area (Å²) >= 11 is 0. The minimum atomic E-state index is -0.315. The summed E-state index contributed by atoms with van der Waals surface area (Å²) < 4.78 is 16.6. The summed E-state index contributed by atoms with van der Waals surface area (Å²) in [6.07, 6.45) is 0. The van der Waals surface area contributed by atoms with E-state index in [1.807, 2.05) is 26.0 Å². The molecule has 1 atom stereocenters. The van der Waals surface area contributed by atoms with Gasteiger partial charge in [0.2, 0.25) is 0 Å². The van der Waals surface area contributed by atoms with Gasteiger partial charge in [0.15, 0.2) is 5.82 Å². The average molecular weight is 409 g/mol. The molecule has 1 aliphatic rings. The number of nitrogens with zero attached hydrogens (tertiary/aromatic N) is 6. The molecular formula is C23H29FN6. The summed E-state index contributed by atoms with van der Waals surface area (Å²) in [6, 6.07) is 13.2. The normalized spacial score (nSPS) is 16.3. The molecule has 1 saturated heterocycles. The van der Waals surface area contributed by atoms with Crippen molar-refractivity contribution in [1.29, 1.82) is 0 Å². The van der Waals surface area contributed by atoms with Crippen molar-refractivity contribution in [1.82, 2.24) is 25.1 Å². The van der Waals surface area contributed by atoms with Gasteiger partial charge in [-0.1, -0.05) is 30.3 Å². The number of aromatic nitrogens is 4. The largest absolute Gasteiger partial charge is 0.369 e. The fraction of sp³-hybridized carbons (Fsp3) is 0.435. The first-order chi connectivity index (χ1) is 14.5. The maximum absolute atomic E-state index is 14.8. The van der Waals surface area contributed by atoms with Crippen LogP contribution in [0.25, 0.3) is 0 Å². The molecule has 1 aromatic heterocycles. The van der Waals surface area contributed by atoms with Gasteiger partial charge in [0, 0.05) is 37.4 Å². The highest BCUT2D eigenvalue weighted by Gasteiger charge is 2.33. The Balaban J connectivity index is 1.64. The van der Waals surface area contributed by atoms with Crippen LogP contribution < -0.4 is 4.90 Å². The van der Waals surface area contributed by atoms with Crippen LogP contribution in [0.2, 0.25) is 0 Å². The number of tetrazole rings is 1. The summed E-state index contributed by atoms with van der Waals surface area (Å²) in [7, 11) is 0. The molecule has 0 amide bonds. The maximum Gasteiger partial charge on any atom is 0.173 e. The molecule has 1 unspecified atom stereocenters. The SMILES string of the molecule is Cc1cccc(N2CCN(C(c3ccccc3F)c3nnnn3C(C)C)CC2)c1C. The Labute approximate surface area is 177 Å². The van der Waals surface area contributed by atoms with Crippen LogP contribution >= 0.6 is 0 Å². The standard InChI is InChI=1S/C23H29FN6/c1-16(2)30-23(25-26-27-30)22(19-9-5-6-10-20(19)24)29-14-12-28(13-15-29)21-11-7-8-17(3)18(21)4/h5-11,16,22H,12-15H2,1-4H3. The second-order valence-electron chi connectivity index (χ2n) is 8.24. The Bertz CT molecular complexity index is 1010. The summed E-state index contributed by atoms with van der Waals surface area (Å²) in [4.78, 5) is 4.72. The highest BCUT2D eigenvalue weighted by Crippen LogP contribution is 2.32. The second kappa shape index (κ2) is 8.52. The first-order valence-electron chi connectivity index (χ1n) is 10.5. The van der Waals surface area contributed by atoms with E-state index in [0.29, 0.717) is 11.4 Å². The maximum atomic E-state index is 14.8. The van der Waals surface area contributed by atoms with E-state index in [0.717, 1.165) is 26.2 Å². The summed E-state index contributed by atoms with van der Waals surface area (Å²) in [5.41, 5.74) is 4.52. The molecule has 7 heteroatoms. The van der Waals surface area contributed by atoms with E-state index in [4.69, 9.17) is 0 Å². The van der Waals surface area contributed by atoms with Crippen molar-refractivity contribution >= 4 is 5.69 Å². The van der Waals surface area contributed by atoms with Gasteiger partial charge in [0.1, 0.15) is 11.9 Å². The quantitative estimate of drug-likeness (QED) is 0.640. The molecule has 1 fully saturated rings. The minimum absolute atomic E-state index is 0.0977. The molecule has 2 heterocycles. The van der Waals surface area contributed by atoms with Crippen LogP contribution in [0.4, 0.5) is 10.1 Å². The number of hydrogen-bond donors (Lipinski definition) is 0. The molecular weight excluding hydrogens is 379 g/mol. The van der Waals surface area contributed by atoms with Crippen molar-refractivity contribution < 1.29 is 4.39 Å². The molecule has 0 spiro atoms. The van der Waals surface area contributed by atoms with Crippen molar-refractivity contribution in [2.75, 3.05) is 31.1 Å². The lowest BCUT2D eigenvalue weighted by atomic mass is 10.0. The Kier molecular flexibility index (Phi) is 5.81. The molecule has 0 N–H and O–H groups in total. The lowest BCUT2D eigenvalue weighted by Gasteiger charge is -2.40. The first kappa shape index (κ1) is 20.5. The third kappa shape index (κ3) is 3.81. The van der Waals surface area contributed by atoms with Gasteiger partial charge >= 0.3 is 0 Å². The number of piperazine rings is 1. The lowest BCUT2D eigenvalue weighted by molar-refractivity contribution is 0.195. The number of hydrogen-bond acceptors (Lipinski definition) is 5. The molecule has 3 aromatic rings. The van der Waals surface area contributed by atoms with Crippen LogP contribution in [0.3, 0.4) is 0 Å². The van der Waals surface area contributed by atoms with Gasteiger partial charge in [-0.25, -0.2) is 9.07 Å². The van der Waals surface area contributed by atoms with Gasteiger partial charge in [0.25, 0.3) is 0 Å². The van der Waals surface area contributed by atoms with Gasteiger partial charge in [-0.3, -0.25) is 4.90 Å². The van der Waals surface area contributed by atoms with Crippen molar-refractivity contribution in [2.24, 2.45) is 0 Å². The lowest BCUT2D eigenvalue weighted by Crippen LogP contribution is -2.48. The predicted octanol–water partition coefficient (Wildman–Crippen LogP) is 3.92. The fourth-order valence-electron chi connectivity index (χ4n) is 4.24. The van der Waals surface area contributed by atoms with Crippen molar-refractivity contribution in [2.45, 2.75) is 39.8 Å². The van der Waals surface area contributed by atoms with E-state index < -0.39 is 0 Å². The van der Waals surface area contributed by atoms with E-state index in [-0.39, 0.29) is 17.9 Å². The van der Waals surface area contributed by atoms with Crippen LogP contribution in [0, 0.1) is 19.7 Å². The number of benzene rings is 2. The molecule has 0 saturated carbocycles. The van der Waals surface area contributed by atoms with Crippen LogP contribution in [0.5, 0.6) is 0 Å². The van der Waals surface area contributed by atoms with Gasteiger partial charge in [0.05, 0.1) is 6.04 Å². The molecule has 0 radical (unpaired) electrons. The number of anilines is 1. The van der Waals surface area contributed by atoms with Crippen LogP contribution in [0.1, 0.15) is 48.4 Å². The van der Waals surface area contributed by atoms with Gasteiger partial charge in [-0.15, -0.1) is 5.10 Å². The van der Waals surface area contributed by atoms with E-state index in [9.17, 15) is 4.39 Å². The van der Waals surface area contributed by atoms with E-state index in [2.05, 4.69) is 57.4 Å². The van der Waals surface area contributed by atoms with Gasteiger partial charge in [-0.05, 0) is 61.4 Å². The van der Waals surface area contributed by atoms with Crippen molar-refractivity contribution in [3.8, 4) is 0 Å². The van der Waals surface area contributed by atoms with Gasteiger partial charge < -0.3 is 4.90 Å². The summed E-state index contributed by atoms with van der Waals surface area (Å²) in [6.45, 7) is 11.8. The Morgan fingerprint density at radius 1 is 0.933 bits per heavy atom. The van der Waals surface area contributed by atoms with Crippen LogP contribution in [-0.2, 0) is 0 Å². The highest BCUT2D eigenvalue weighted by atomic mass is 19.1. The molecule has 30 heavy (non-hydrogen) atoms. The zero-order chi connectivity index (χ0) is 21.3. The molecule has 0 bridgehead atoms. The Morgan fingerprint density at radius 3 is 2.37 bits per heavy atom. The smallest absolute Gasteiger partial charge is 0.173 e. The zero-order valence-electron chi connectivity index (χ0n) is 18.1. The predicted molar refractivity (Wildman–Crippen MR) is 116 cm³/mol. The van der Waals surface area contributed by atoms with Gasteiger partial charge in [-0.2, -0.15) is 0 Å². The first-order valence-corrected chi connectivity index (χ1v) is 10.5. The van der Waals surface area contributed by atoms with Crippen molar-refractivity contribution in [3.63, 3.8) is 0 Å². The second-order valence-corrected chi connectivity index (χ2v) is 8.24. The number of aryl methyl sites for hydroxylation is 1. The third-order valence-corrected chi connectivity index (χ3v) is 6.05. The summed E-state index contributed by atoms with van der Waals surface area (Å²) in [5, 5.41) is 12.4. The molecule has 4 rings (SSSR count). The minimum Gasteiger partial charge on any atom is -0.369 e. The monoisotopic (exact) mass is 408 g/mol. The average Bonchev–Trinajstić information content (AvgIpc) is 3.22. The highest BCUT2D eigenvalue weighted by molar-refractivity contribution is 5.56. The Hall–Kier alpha value is -2.80. The number of rotatable bonds is 5. The molecule has 6 nitrogen and oxygen atoms in total. The third-order valence-electron chi connectivity index (χ3n) is 6.05. The summed E-state index contributed by atoms with van der Waals surface area (Å²) in [5.74, 6) is 0.466. The number of halogens is 1. The Morgan fingerprint density at radius 2 is 1.67 bits per heavy atom. The van der Waals surface area contributed by atoms with Crippen LogP contribution in [-0.4, -0.2) is 51.3 Å². The van der Waals surface area contributed by atoms with Crippen molar-refractivity contribution in [3.05, 3.63) is 70.8 Å². The van der Waals surface area contributed by atoms with E-state index >= 15 is 0 Å². The van der Waals surface area contributed by atoms with E-state index in [1.54, 1.807) is 10.7 Å². The molecule has 1 aliphatic heterocycles. The molecule has 0 aliphatic carbocycles. The zero-order valence-corrected chi connectivity index (χ0v) is 18.1. The van der Waals surface area contributed by atoms with Crippen LogP contribution in [0.15, 0.2) is 42.5 Å². The molecule has 2 aromatic carbocycles.